The maximum atomic E-state index is 11.5. The van der Waals surface area contributed by atoms with E-state index in [-0.39, 0.29) is 99.2 Å². The van der Waals surface area contributed by atoms with Crippen molar-refractivity contribution in [3.05, 3.63) is 99.2 Å². The molecular formula is C62H100B6O24. The average molecular weight is 1290 g/mol. The molecule has 30 heteroatoms. The van der Waals surface area contributed by atoms with E-state index < -0.39 is 112 Å². The molecule has 0 bridgehead atoms. The molecule has 6 heterocycles. The number of ether oxygens (including phenoxy) is 12. The van der Waals surface area contributed by atoms with Gasteiger partial charge < -0.3 is 105 Å². The number of Topliss-reactive ketones (excluding diaryl/α,β-unsaturated/α-hetero) is 1. The van der Waals surface area contributed by atoms with Crippen LogP contribution in [-0.4, -0.2) is 250 Å². The smallest absolute Gasteiger partial charge is 0.283 e. The summed E-state index contributed by atoms with van der Waals surface area (Å²) < 4.78 is 93.0. The lowest BCUT2D eigenvalue weighted by Gasteiger charge is -2.31. The Kier molecular flexibility index (Phi) is 34.6. The van der Waals surface area contributed by atoms with Crippen LogP contribution in [0.1, 0.15) is 113 Å². The number of fused-ring (bicyclic) bond motifs is 3. The quantitative estimate of drug-likeness (QED) is 0.0979. The molecule has 12 radical (unpaired) electrons. The first kappa shape index (κ1) is 88.8. The van der Waals surface area contributed by atoms with E-state index in [9.17, 15) is 30.0 Å². The summed E-state index contributed by atoms with van der Waals surface area (Å²) in [6.07, 6.45) is 10.2. The third-order valence-electron chi connectivity index (χ3n) is 14.3. The molecule has 0 aromatic heterocycles. The van der Waals surface area contributed by atoms with Gasteiger partial charge in [0.05, 0.1) is 39.6 Å². The van der Waals surface area contributed by atoms with Crippen LogP contribution in [0.3, 0.4) is 0 Å². The summed E-state index contributed by atoms with van der Waals surface area (Å²) in [6, 6.07) is 0. The van der Waals surface area contributed by atoms with Gasteiger partial charge in [-0.3, -0.25) is 9.59 Å². The van der Waals surface area contributed by atoms with Gasteiger partial charge in [-0.1, -0.05) is 72.2 Å². The van der Waals surface area contributed by atoms with Gasteiger partial charge in [-0.05, 0) is 107 Å². The Morgan fingerprint density at radius 3 is 1.21 bits per heavy atom. The molecule has 0 saturated carbocycles. The maximum absolute atomic E-state index is 11.5. The molecular weight excluding hydrogens is 1190 g/mol. The highest BCUT2D eigenvalue weighted by Crippen LogP contribution is 2.42. The van der Waals surface area contributed by atoms with Gasteiger partial charge in [0.1, 0.15) is 83.4 Å². The lowest BCUT2D eigenvalue weighted by Crippen LogP contribution is -2.49. The molecule has 0 aromatic carbocycles. The van der Waals surface area contributed by atoms with Crippen molar-refractivity contribution in [2.45, 2.75) is 243 Å². The van der Waals surface area contributed by atoms with E-state index in [1.54, 1.807) is 91.8 Å². The summed E-state index contributed by atoms with van der Waals surface area (Å²) in [5.41, 5.74) is -4.41. The Labute approximate surface area is 554 Å². The van der Waals surface area contributed by atoms with Crippen LogP contribution in [0.2, 0.25) is 0 Å². The SMILES string of the molecule is C.C.C.C.[B]OCC(=O)[C@H]1OC(C)(C)O[C@H]1C=C.[B]OCC1=CC(=O)[C@@H]2OC(C)(C)O[C@H]12.[B]OC[C@](O)(C=C)[C@H]1OC(C)(C)O[C@H]1C=C.[B]OC[C@](O)(C=C)[C@H]1OC(C)(C)O[C@H]1C=C.[B]OC[C@]1(O)C=C[C@@H]2OC(C)(C)O[C@@H]21.[B]OC[C@]1(O)C=C[C@@H]2OC(C)(C)O[C@@H]21. The van der Waals surface area contributed by atoms with Gasteiger partial charge in [-0.25, -0.2) is 0 Å². The van der Waals surface area contributed by atoms with Crippen LogP contribution in [0, 0.1) is 0 Å². The van der Waals surface area contributed by atoms with Crippen molar-refractivity contribution in [1.29, 1.82) is 0 Å². The molecule has 0 amide bonds. The molecule has 3 aliphatic carbocycles. The number of aliphatic hydroxyl groups is 4. The van der Waals surface area contributed by atoms with Gasteiger partial charge in [0, 0.05) is 0 Å². The van der Waals surface area contributed by atoms with Crippen molar-refractivity contribution in [2.24, 2.45) is 0 Å². The standard InChI is InChI=1S/2C11H17BO4.C9H11BO4.3C9H13BO4.4CH4/c2*1-5-8-9(16-10(3,4)15-8)11(13,6-2)7-14-12;1-9(2)13-7-5(4-12-10)3-6(11)8(7)14-9;2*1-8(2)13-6-3-4-9(11,5-12-10)7(6)14-8;1-4-7-8(6(11)5-12-10)14-9(2,3)13-7;;;;/h2*5-6,8-9,13H,1-2,7H2,3-4H3;3,7-8H,4H2,1-2H3;2*3-4,6-7,11H,5H2,1-2H3;4,7-8H,1,5H2,2-3H3;4*1H4/t2*8-,9-,11+;7-,8+;2*6-,7-,9+;7-,8+;;;;/m001000..../s1. The summed E-state index contributed by atoms with van der Waals surface area (Å²) in [6.45, 7) is 39.1. The van der Waals surface area contributed by atoms with E-state index in [2.05, 4.69) is 60.8 Å². The molecule has 510 valence electrons. The Morgan fingerprint density at radius 1 is 0.500 bits per heavy atom. The van der Waals surface area contributed by atoms with Gasteiger partial charge in [0.2, 0.25) is 0 Å². The molecule has 6 aliphatic heterocycles. The maximum Gasteiger partial charge on any atom is 0.283 e. The van der Waals surface area contributed by atoms with Crippen molar-refractivity contribution >= 4 is 59.9 Å². The van der Waals surface area contributed by atoms with Crippen LogP contribution < -0.4 is 0 Å². The minimum atomic E-state index is -1.40. The van der Waals surface area contributed by atoms with Gasteiger partial charge >= 0.3 is 0 Å². The van der Waals surface area contributed by atoms with Crippen LogP contribution in [0.5, 0.6) is 0 Å². The number of carbonyl (C=O) groups excluding carboxylic acids is 2. The fourth-order valence-corrected chi connectivity index (χ4v) is 10.5. The average Bonchev–Trinajstić information content (AvgIpc) is 1.63. The topological polar surface area (TPSA) is 281 Å². The van der Waals surface area contributed by atoms with E-state index in [1.165, 1.54) is 24.3 Å². The van der Waals surface area contributed by atoms with Crippen molar-refractivity contribution < 1.29 is 115 Å². The van der Waals surface area contributed by atoms with Crippen molar-refractivity contribution in [2.75, 3.05) is 39.6 Å². The Bertz CT molecular complexity index is 2360. The van der Waals surface area contributed by atoms with Crippen LogP contribution >= 0.6 is 0 Å². The zero-order chi connectivity index (χ0) is 66.7. The van der Waals surface area contributed by atoms with Gasteiger partial charge in [0.15, 0.2) is 58.5 Å². The van der Waals surface area contributed by atoms with E-state index in [0.29, 0.717) is 0 Å². The highest BCUT2D eigenvalue weighted by Gasteiger charge is 2.56. The molecule has 6 fully saturated rings. The van der Waals surface area contributed by atoms with Gasteiger partial charge in [-0.2, -0.15) is 0 Å². The van der Waals surface area contributed by atoms with Crippen molar-refractivity contribution in [1.82, 2.24) is 0 Å². The molecule has 0 unspecified atom stereocenters. The summed E-state index contributed by atoms with van der Waals surface area (Å²) in [5, 5.41) is 40.7. The molecule has 92 heavy (non-hydrogen) atoms. The van der Waals surface area contributed by atoms with E-state index in [1.807, 2.05) is 27.7 Å². The van der Waals surface area contributed by atoms with Crippen LogP contribution in [-0.2, 0) is 94.4 Å². The minimum absolute atomic E-state index is 0. The van der Waals surface area contributed by atoms with Gasteiger partial charge in [-0.15, -0.1) is 32.9 Å². The Hall–Kier alpha value is -3.23. The molecule has 0 aromatic rings. The molecule has 9 aliphatic rings. The fraction of sp³-hybridized carbons (Fsp3) is 0.710. The minimum Gasteiger partial charge on any atom is -0.444 e. The zero-order valence-corrected chi connectivity index (χ0v) is 52.4. The number of hydrogen-bond acceptors (Lipinski definition) is 24. The molecule has 0 spiro atoms. The summed E-state index contributed by atoms with van der Waals surface area (Å²) in [4.78, 5) is 22.9. The molecule has 24 nitrogen and oxygen atoms in total. The van der Waals surface area contributed by atoms with Crippen LogP contribution in [0.15, 0.2) is 99.2 Å². The van der Waals surface area contributed by atoms with Crippen molar-refractivity contribution in [3.8, 4) is 0 Å². The largest absolute Gasteiger partial charge is 0.444 e. The Morgan fingerprint density at radius 2 is 0.859 bits per heavy atom. The number of rotatable bonds is 20. The highest BCUT2D eigenvalue weighted by atomic mass is 16.8. The predicted octanol–water partition coefficient (Wildman–Crippen LogP) is 4.26. The highest BCUT2D eigenvalue weighted by molar-refractivity contribution is 6.00. The summed E-state index contributed by atoms with van der Waals surface area (Å²) in [7, 11) is 29.6. The predicted molar refractivity (Wildman–Crippen MR) is 347 cm³/mol. The molecule has 6 saturated heterocycles. The number of ketones is 2. The summed E-state index contributed by atoms with van der Waals surface area (Å²) in [5.74, 6) is -4.70. The second-order valence-electron chi connectivity index (χ2n) is 24.3. The third-order valence-corrected chi connectivity index (χ3v) is 14.3. The van der Waals surface area contributed by atoms with Crippen molar-refractivity contribution in [3.63, 3.8) is 0 Å². The van der Waals surface area contributed by atoms with E-state index in [0.717, 1.165) is 5.57 Å². The fourth-order valence-electron chi connectivity index (χ4n) is 10.5. The first-order valence-corrected chi connectivity index (χ1v) is 28.0. The van der Waals surface area contributed by atoms with Gasteiger partial charge in [0.25, 0.3) is 48.3 Å². The lowest BCUT2D eigenvalue weighted by atomic mass is 9.93. The normalized spacial score (nSPS) is 34.4. The number of carbonyl (C=O) groups is 2. The molecule has 9 rings (SSSR count). The molecule has 4 N–H and O–H groups in total. The van der Waals surface area contributed by atoms with Crippen LogP contribution in [0.25, 0.3) is 0 Å². The van der Waals surface area contributed by atoms with E-state index in [4.69, 9.17) is 105 Å². The second kappa shape index (κ2) is 35.8. The molecule has 16 atom stereocenters. The first-order valence-electron chi connectivity index (χ1n) is 28.0. The third kappa shape index (κ3) is 23.0. The lowest BCUT2D eigenvalue weighted by molar-refractivity contribution is -0.168. The van der Waals surface area contributed by atoms with E-state index >= 15 is 0 Å². The second-order valence-corrected chi connectivity index (χ2v) is 24.3. The van der Waals surface area contributed by atoms with Crippen LogP contribution in [0.4, 0.5) is 0 Å². The zero-order valence-electron chi connectivity index (χ0n) is 52.4. The Balaban J connectivity index is 0.00000107. The number of hydrogen-bond donors (Lipinski definition) is 4. The summed E-state index contributed by atoms with van der Waals surface area (Å²) >= 11 is 0. The first-order chi connectivity index (χ1) is 40.7. The monoisotopic (exact) mass is 1290 g/mol.